The Morgan fingerprint density at radius 2 is 1.91 bits per heavy atom. The number of hydrogen-bond donors (Lipinski definition) is 3. The molecule has 2 aromatic heterocycles. The number of nitrogens with one attached hydrogen (secondary N) is 3. The van der Waals surface area contributed by atoms with E-state index >= 15 is 0 Å². The largest absolute Gasteiger partial charge is 0.356 e. The van der Waals surface area contributed by atoms with Gasteiger partial charge in [0.1, 0.15) is 11.5 Å². The Balaban J connectivity index is 1.76. The molecule has 0 spiro atoms. The molecule has 0 saturated carbocycles. The molecule has 1 aromatic carbocycles. The molecule has 5 heteroatoms. The number of carbonyl (C=O) groups is 1. The second kappa shape index (κ2) is 5.91. The van der Waals surface area contributed by atoms with Crippen molar-refractivity contribution in [2.75, 3.05) is 6.54 Å². The van der Waals surface area contributed by atoms with Crippen molar-refractivity contribution in [3.05, 3.63) is 58.3 Å². The highest BCUT2D eigenvalue weighted by Gasteiger charge is 2.14. The summed E-state index contributed by atoms with van der Waals surface area (Å²) in [5.41, 5.74) is 5.09. The standard InChI is InChI=1S/C18H20FN3O/c1-10-4-6-14(19)17-16(10)13(12(3)22-17)8-9-20-18(23)15-7-5-11(2)21-15/h4-7,21-22H,8-9H2,1-3H3,(H,20,23). The van der Waals surface area contributed by atoms with E-state index < -0.39 is 0 Å². The molecule has 0 unspecified atom stereocenters. The van der Waals surface area contributed by atoms with Gasteiger partial charge in [-0.1, -0.05) is 6.07 Å². The maximum absolute atomic E-state index is 13.9. The fourth-order valence-electron chi connectivity index (χ4n) is 2.99. The molecule has 0 bridgehead atoms. The summed E-state index contributed by atoms with van der Waals surface area (Å²) in [6.07, 6.45) is 0.654. The molecule has 0 aliphatic carbocycles. The molecule has 1 amide bonds. The Morgan fingerprint density at radius 3 is 2.61 bits per heavy atom. The number of amides is 1. The molecule has 3 N–H and O–H groups in total. The van der Waals surface area contributed by atoms with Crippen LogP contribution >= 0.6 is 0 Å². The molecule has 2 heterocycles. The number of halogens is 1. The van der Waals surface area contributed by atoms with Crippen molar-refractivity contribution in [1.82, 2.24) is 15.3 Å². The lowest BCUT2D eigenvalue weighted by atomic mass is 10.0. The van der Waals surface area contributed by atoms with Crippen LogP contribution < -0.4 is 5.32 Å². The first-order chi connectivity index (χ1) is 11.0. The van der Waals surface area contributed by atoms with Gasteiger partial charge in [0.15, 0.2) is 0 Å². The second-order valence-electron chi connectivity index (χ2n) is 5.90. The minimum Gasteiger partial charge on any atom is -0.356 e. The highest BCUT2D eigenvalue weighted by Crippen LogP contribution is 2.27. The van der Waals surface area contributed by atoms with Crippen LogP contribution in [-0.4, -0.2) is 22.4 Å². The maximum Gasteiger partial charge on any atom is 0.267 e. The topological polar surface area (TPSA) is 60.7 Å². The van der Waals surface area contributed by atoms with Gasteiger partial charge in [-0.25, -0.2) is 4.39 Å². The van der Waals surface area contributed by atoms with Crippen molar-refractivity contribution in [3.63, 3.8) is 0 Å². The number of H-pyrrole nitrogens is 2. The summed E-state index contributed by atoms with van der Waals surface area (Å²) in [5, 5.41) is 3.82. The quantitative estimate of drug-likeness (QED) is 0.678. The molecule has 0 aliphatic rings. The zero-order valence-electron chi connectivity index (χ0n) is 13.5. The summed E-state index contributed by atoms with van der Waals surface area (Å²) in [7, 11) is 0. The normalized spacial score (nSPS) is 11.1. The molecule has 0 saturated heterocycles. The van der Waals surface area contributed by atoms with E-state index in [1.165, 1.54) is 6.07 Å². The molecular formula is C18H20FN3O. The van der Waals surface area contributed by atoms with Gasteiger partial charge >= 0.3 is 0 Å². The molecule has 23 heavy (non-hydrogen) atoms. The van der Waals surface area contributed by atoms with Crippen molar-refractivity contribution in [2.45, 2.75) is 27.2 Å². The van der Waals surface area contributed by atoms with E-state index in [4.69, 9.17) is 0 Å². The van der Waals surface area contributed by atoms with Crippen LogP contribution in [0.3, 0.4) is 0 Å². The molecule has 0 atom stereocenters. The lowest BCUT2D eigenvalue weighted by molar-refractivity contribution is 0.0949. The van der Waals surface area contributed by atoms with Crippen molar-refractivity contribution >= 4 is 16.8 Å². The van der Waals surface area contributed by atoms with Gasteiger partial charge in [-0.15, -0.1) is 0 Å². The van der Waals surface area contributed by atoms with Crippen molar-refractivity contribution in [1.29, 1.82) is 0 Å². The number of aromatic nitrogens is 2. The highest BCUT2D eigenvalue weighted by atomic mass is 19.1. The van der Waals surface area contributed by atoms with Gasteiger partial charge in [-0.05, 0) is 56.5 Å². The summed E-state index contributed by atoms with van der Waals surface area (Å²) < 4.78 is 13.9. The van der Waals surface area contributed by atoms with Gasteiger partial charge in [-0.3, -0.25) is 4.79 Å². The van der Waals surface area contributed by atoms with Crippen LogP contribution in [-0.2, 0) is 6.42 Å². The first-order valence-corrected chi connectivity index (χ1v) is 7.67. The van der Waals surface area contributed by atoms with E-state index in [0.717, 1.165) is 27.9 Å². The number of rotatable bonds is 4. The summed E-state index contributed by atoms with van der Waals surface area (Å²) >= 11 is 0. The minimum atomic E-state index is -0.245. The SMILES string of the molecule is Cc1ccc(C(=O)NCCc2c(C)[nH]c3c(F)ccc(C)c23)[nH]1. The van der Waals surface area contributed by atoms with E-state index in [2.05, 4.69) is 15.3 Å². The van der Waals surface area contributed by atoms with Gasteiger partial charge in [0, 0.05) is 23.3 Å². The lowest BCUT2D eigenvalue weighted by Gasteiger charge is -2.06. The van der Waals surface area contributed by atoms with Gasteiger partial charge in [0.2, 0.25) is 0 Å². The summed E-state index contributed by atoms with van der Waals surface area (Å²) in [6.45, 7) is 6.31. The number of carbonyl (C=O) groups excluding carboxylic acids is 1. The first kappa shape index (κ1) is 15.3. The van der Waals surface area contributed by atoms with E-state index in [1.807, 2.05) is 26.8 Å². The Hall–Kier alpha value is -2.56. The fraction of sp³-hybridized carbons (Fsp3) is 0.278. The van der Waals surface area contributed by atoms with E-state index in [1.54, 1.807) is 12.1 Å². The zero-order chi connectivity index (χ0) is 16.6. The van der Waals surface area contributed by atoms with Crippen LogP contribution in [0.5, 0.6) is 0 Å². The molecule has 4 nitrogen and oxygen atoms in total. The number of aryl methyl sites for hydroxylation is 3. The Kier molecular flexibility index (Phi) is 3.94. The van der Waals surface area contributed by atoms with Crippen molar-refractivity contribution in [3.8, 4) is 0 Å². The minimum absolute atomic E-state index is 0.126. The monoisotopic (exact) mass is 313 g/mol. The first-order valence-electron chi connectivity index (χ1n) is 7.67. The summed E-state index contributed by atoms with van der Waals surface area (Å²) in [6, 6.07) is 6.90. The van der Waals surface area contributed by atoms with Gasteiger partial charge in [-0.2, -0.15) is 0 Å². The van der Waals surface area contributed by atoms with Gasteiger partial charge < -0.3 is 15.3 Å². The number of fused-ring (bicyclic) bond motifs is 1. The average Bonchev–Trinajstić information content (AvgIpc) is 3.08. The highest BCUT2D eigenvalue weighted by molar-refractivity contribution is 5.92. The summed E-state index contributed by atoms with van der Waals surface area (Å²) in [4.78, 5) is 18.2. The van der Waals surface area contributed by atoms with Crippen LogP contribution in [0.1, 0.15) is 33.0 Å². The van der Waals surface area contributed by atoms with E-state index in [-0.39, 0.29) is 11.7 Å². The van der Waals surface area contributed by atoms with Crippen LogP contribution in [0.2, 0.25) is 0 Å². The zero-order valence-corrected chi connectivity index (χ0v) is 13.5. The maximum atomic E-state index is 13.9. The number of hydrogen-bond acceptors (Lipinski definition) is 1. The van der Waals surface area contributed by atoms with Crippen molar-refractivity contribution < 1.29 is 9.18 Å². The fourth-order valence-corrected chi connectivity index (χ4v) is 2.99. The van der Waals surface area contributed by atoms with Crippen LogP contribution in [0.15, 0.2) is 24.3 Å². The summed E-state index contributed by atoms with van der Waals surface area (Å²) in [5.74, 6) is -0.371. The van der Waals surface area contributed by atoms with E-state index in [9.17, 15) is 9.18 Å². The van der Waals surface area contributed by atoms with Gasteiger partial charge in [0.05, 0.1) is 5.52 Å². The molecular weight excluding hydrogens is 293 g/mol. The molecule has 0 aliphatic heterocycles. The van der Waals surface area contributed by atoms with Crippen LogP contribution in [0.4, 0.5) is 4.39 Å². The average molecular weight is 313 g/mol. The molecule has 0 fully saturated rings. The number of aromatic amines is 2. The Labute approximate surface area is 134 Å². The number of benzene rings is 1. The lowest BCUT2D eigenvalue weighted by Crippen LogP contribution is -2.26. The molecule has 3 aromatic rings. The van der Waals surface area contributed by atoms with Crippen LogP contribution in [0.25, 0.3) is 10.9 Å². The smallest absolute Gasteiger partial charge is 0.267 e. The molecule has 0 radical (unpaired) electrons. The molecule has 3 rings (SSSR count). The second-order valence-corrected chi connectivity index (χ2v) is 5.90. The third kappa shape index (κ3) is 2.86. The molecule has 120 valence electrons. The third-order valence-corrected chi connectivity index (χ3v) is 4.17. The predicted octanol–water partition coefficient (Wildman–Crippen LogP) is 3.53. The van der Waals surface area contributed by atoms with E-state index in [0.29, 0.717) is 24.2 Å². The third-order valence-electron chi connectivity index (χ3n) is 4.17. The van der Waals surface area contributed by atoms with Crippen molar-refractivity contribution in [2.24, 2.45) is 0 Å². The Morgan fingerprint density at radius 1 is 1.13 bits per heavy atom. The Bertz CT molecular complexity index is 876. The predicted molar refractivity (Wildman–Crippen MR) is 89.3 cm³/mol. The van der Waals surface area contributed by atoms with Gasteiger partial charge in [0.25, 0.3) is 5.91 Å². The van der Waals surface area contributed by atoms with Crippen LogP contribution in [0, 0.1) is 26.6 Å².